The Balaban J connectivity index is 1.78. The van der Waals surface area contributed by atoms with Gasteiger partial charge in [-0.05, 0) is 62.1 Å². The van der Waals surface area contributed by atoms with Crippen LogP contribution in [0.15, 0.2) is 36.4 Å². The van der Waals surface area contributed by atoms with Gasteiger partial charge in [-0.2, -0.15) is 0 Å². The molecular formula is C26H34NO7PS. The standard InChI is InChI=1S/C26H34NO7PS/c1-6-23-25(28)20-15-22(32-5)21(31-4)13-18(20)14-24(36-23)26(29)27-19-11-9-17(10-12-19)16-35(30,33-7-2)34-8-3/h9-13,15,23-24H,6-8,14,16H2,1-5H3,(H,27,29)/t23-,24+/m0/s1. The molecule has 0 fully saturated rings. The van der Waals surface area contributed by atoms with Gasteiger partial charge in [0, 0.05) is 11.3 Å². The lowest BCUT2D eigenvalue weighted by Gasteiger charge is -2.18. The van der Waals surface area contributed by atoms with Gasteiger partial charge in [-0.25, -0.2) is 0 Å². The Morgan fingerprint density at radius 2 is 1.64 bits per heavy atom. The monoisotopic (exact) mass is 535 g/mol. The van der Waals surface area contributed by atoms with E-state index in [9.17, 15) is 14.2 Å². The number of thioether (sulfide) groups is 1. The van der Waals surface area contributed by atoms with Crippen LogP contribution in [0.1, 0.15) is 48.7 Å². The average Bonchev–Trinajstić information content (AvgIpc) is 3.00. The SMILES string of the molecule is CCOP(=O)(Cc1ccc(NC(=O)[C@H]2Cc3cc(OC)c(OC)cc3C(=O)[C@H](CC)S2)cc1)OCC. The van der Waals surface area contributed by atoms with E-state index in [4.69, 9.17) is 18.5 Å². The number of ketones is 1. The van der Waals surface area contributed by atoms with E-state index in [2.05, 4.69) is 5.32 Å². The molecule has 0 radical (unpaired) electrons. The van der Waals surface area contributed by atoms with Crippen molar-refractivity contribution in [2.75, 3.05) is 32.8 Å². The highest BCUT2D eigenvalue weighted by Gasteiger charge is 2.34. The van der Waals surface area contributed by atoms with Crippen LogP contribution in [0.2, 0.25) is 0 Å². The van der Waals surface area contributed by atoms with Gasteiger partial charge in [0.2, 0.25) is 5.91 Å². The molecule has 1 amide bonds. The molecule has 0 spiro atoms. The van der Waals surface area contributed by atoms with Crippen molar-refractivity contribution in [3.8, 4) is 11.5 Å². The van der Waals surface area contributed by atoms with E-state index in [1.807, 2.05) is 6.92 Å². The molecule has 36 heavy (non-hydrogen) atoms. The molecule has 0 saturated heterocycles. The summed E-state index contributed by atoms with van der Waals surface area (Å²) in [4.78, 5) is 26.5. The molecule has 0 aliphatic carbocycles. The molecule has 0 unspecified atom stereocenters. The largest absolute Gasteiger partial charge is 0.493 e. The lowest BCUT2D eigenvalue weighted by atomic mass is 9.96. The Morgan fingerprint density at radius 1 is 1.03 bits per heavy atom. The fourth-order valence-corrected chi connectivity index (χ4v) is 7.10. The highest BCUT2D eigenvalue weighted by molar-refractivity contribution is 8.02. The highest BCUT2D eigenvalue weighted by atomic mass is 32.2. The Morgan fingerprint density at radius 3 is 2.19 bits per heavy atom. The van der Waals surface area contributed by atoms with E-state index >= 15 is 0 Å². The summed E-state index contributed by atoms with van der Waals surface area (Å²) in [5, 5.41) is 2.16. The van der Waals surface area contributed by atoms with Gasteiger partial charge in [0.1, 0.15) is 0 Å². The van der Waals surface area contributed by atoms with Crippen molar-refractivity contribution in [1.29, 1.82) is 0 Å². The number of anilines is 1. The van der Waals surface area contributed by atoms with E-state index in [0.29, 0.717) is 48.8 Å². The number of hydrogen-bond donors (Lipinski definition) is 1. The number of fused-ring (bicyclic) bond motifs is 1. The highest BCUT2D eigenvalue weighted by Crippen LogP contribution is 2.51. The minimum atomic E-state index is -3.21. The average molecular weight is 536 g/mol. The quantitative estimate of drug-likeness (QED) is 0.364. The Kier molecular flexibility index (Phi) is 10.0. The van der Waals surface area contributed by atoms with Crippen molar-refractivity contribution in [2.45, 2.75) is 50.3 Å². The number of hydrogen-bond acceptors (Lipinski definition) is 8. The summed E-state index contributed by atoms with van der Waals surface area (Å²) < 4.78 is 34.3. The first-order valence-electron chi connectivity index (χ1n) is 12.0. The number of methoxy groups -OCH3 is 2. The molecule has 1 aliphatic rings. The molecule has 1 heterocycles. The molecule has 2 aromatic rings. The zero-order valence-electron chi connectivity index (χ0n) is 21.4. The van der Waals surface area contributed by atoms with Crippen LogP contribution in [0.25, 0.3) is 0 Å². The van der Waals surface area contributed by atoms with Gasteiger partial charge in [0.05, 0.1) is 44.1 Å². The predicted octanol–water partition coefficient (Wildman–Crippen LogP) is 5.73. The van der Waals surface area contributed by atoms with Gasteiger partial charge in [-0.3, -0.25) is 14.2 Å². The van der Waals surface area contributed by atoms with Crippen LogP contribution in [0.5, 0.6) is 11.5 Å². The third kappa shape index (κ3) is 6.71. The molecule has 0 aromatic heterocycles. The maximum absolute atomic E-state index is 13.3. The van der Waals surface area contributed by atoms with Crippen molar-refractivity contribution in [2.24, 2.45) is 0 Å². The summed E-state index contributed by atoms with van der Waals surface area (Å²) in [7, 11) is -0.136. The van der Waals surface area contributed by atoms with E-state index < -0.39 is 12.8 Å². The number of benzene rings is 2. The van der Waals surface area contributed by atoms with Crippen LogP contribution in [0, 0.1) is 0 Å². The van der Waals surface area contributed by atoms with Crippen LogP contribution >= 0.6 is 19.4 Å². The van der Waals surface area contributed by atoms with Crippen LogP contribution in [-0.2, 0) is 31.0 Å². The van der Waals surface area contributed by atoms with Crippen molar-refractivity contribution in [3.63, 3.8) is 0 Å². The zero-order valence-corrected chi connectivity index (χ0v) is 23.1. The number of Topliss-reactive ketones (excluding diaryl/α,β-unsaturated/α-hetero) is 1. The molecule has 0 saturated carbocycles. The normalized spacial score (nSPS) is 17.8. The van der Waals surface area contributed by atoms with Gasteiger partial charge >= 0.3 is 7.60 Å². The smallest absolute Gasteiger partial charge is 0.335 e. The third-order valence-electron chi connectivity index (χ3n) is 5.81. The Bertz CT molecular complexity index is 1110. The van der Waals surface area contributed by atoms with E-state index in [-0.39, 0.29) is 23.1 Å². The minimum absolute atomic E-state index is 0.00821. The van der Waals surface area contributed by atoms with Gasteiger partial charge in [0.25, 0.3) is 0 Å². The number of carbonyl (C=O) groups is 2. The molecule has 8 nitrogen and oxygen atoms in total. The first-order valence-corrected chi connectivity index (χ1v) is 14.7. The predicted molar refractivity (Wildman–Crippen MR) is 143 cm³/mol. The summed E-state index contributed by atoms with van der Waals surface area (Å²) in [6, 6.07) is 10.6. The van der Waals surface area contributed by atoms with Gasteiger partial charge in [0.15, 0.2) is 17.3 Å². The lowest BCUT2D eigenvalue weighted by Crippen LogP contribution is -2.29. The van der Waals surface area contributed by atoms with Crippen LogP contribution in [-0.4, -0.2) is 49.6 Å². The van der Waals surface area contributed by atoms with Crippen molar-refractivity contribution >= 4 is 36.7 Å². The topological polar surface area (TPSA) is 100 Å². The molecule has 196 valence electrons. The fourth-order valence-electron chi connectivity index (χ4n) is 4.10. The molecule has 10 heteroatoms. The second-order valence-corrected chi connectivity index (χ2v) is 11.7. The van der Waals surface area contributed by atoms with Crippen molar-refractivity contribution in [1.82, 2.24) is 0 Å². The summed E-state index contributed by atoms with van der Waals surface area (Å²) >= 11 is 1.38. The molecular weight excluding hydrogens is 501 g/mol. The lowest BCUT2D eigenvalue weighted by molar-refractivity contribution is -0.115. The number of carbonyl (C=O) groups excluding carboxylic acids is 2. The maximum atomic E-state index is 13.3. The van der Waals surface area contributed by atoms with Gasteiger partial charge < -0.3 is 23.8 Å². The summed E-state index contributed by atoms with van der Waals surface area (Å²) in [6.45, 7) is 6.09. The first kappa shape index (κ1) is 28.3. The van der Waals surface area contributed by atoms with Gasteiger partial charge in [-0.15, -0.1) is 11.8 Å². The second-order valence-electron chi connectivity index (χ2n) is 8.25. The minimum Gasteiger partial charge on any atom is -0.493 e. The van der Waals surface area contributed by atoms with E-state index in [1.165, 1.54) is 18.9 Å². The van der Waals surface area contributed by atoms with Crippen LogP contribution < -0.4 is 14.8 Å². The van der Waals surface area contributed by atoms with E-state index in [0.717, 1.165) is 11.1 Å². The molecule has 1 N–H and O–H groups in total. The summed E-state index contributed by atoms with van der Waals surface area (Å²) in [5.74, 6) is 0.822. The van der Waals surface area contributed by atoms with Gasteiger partial charge in [-0.1, -0.05) is 19.1 Å². The molecule has 1 aliphatic heterocycles. The summed E-state index contributed by atoms with van der Waals surface area (Å²) in [5.41, 5.74) is 2.73. The number of rotatable bonds is 11. The molecule has 3 rings (SSSR count). The van der Waals surface area contributed by atoms with Crippen LogP contribution in [0.3, 0.4) is 0 Å². The van der Waals surface area contributed by atoms with Crippen molar-refractivity contribution < 1.29 is 32.7 Å². The summed E-state index contributed by atoms with van der Waals surface area (Å²) in [6.07, 6.45) is 1.15. The van der Waals surface area contributed by atoms with Crippen molar-refractivity contribution in [3.05, 3.63) is 53.1 Å². The molecule has 2 aromatic carbocycles. The number of amides is 1. The van der Waals surface area contributed by atoms with Crippen LogP contribution in [0.4, 0.5) is 5.69 Å². The third-order valence-corrected chi connectivity index (χ3v) is 9.45. The van der Waals surface area contributed by atoms with E-state index in [1.54, 1.807) is 57.4 Å². The Hall–Kier alpha value is -2.32. The zero-order chi connectivity index (χ0) is 26.3. The molecule has 2 atom stereocenters. The fraction of sp³-hybridized carbons (Fsp3) is 0.462. The Labute approximate surface area is 217 Å². The maximum Gasteiger partial charge on any atom is 0.335 e. The first-order chi connectivity index (χ1) is 17.3. The second kappa shape index (κ2) is 12.8. The molecule has 0 bridgehead atoms. The number of ether oxygens (including phenoxy) is 2. The number of nitrogens with one attached hydrogen (secondary N) is 1.